The lowest BCUT2D eigenvalue weighted by molar-refractivity contribution is -0.131. The Morgan fingerprint density at radius 1 is 0.658 bits per heavy atom. The maximum absolute atomic E-state index is 13.3. The predicted octanol–water partition coefficient (Wildman–Crippen LogP) is 4.93. The molecule has 0 heterocycles. The number of Topliss-reactive ketones (excluding diaryl/α,β-unsaturated/α-hetero) is 2. The van der Waals surface area contributed by atoms with E-state index < -0.39 is 26.0 Å². The van der Waals surface area contributed by atoms with Gasteiger partial charge in [0, 0.05) is 18.5 Å². The van der Waals surface area contributed by atoms with E-state index in [4.69, 9.17) is 0 Å². The lowest BCUT2D eigenvalue weighted by atomic mass is 9.81. The molecule has 2 N–H and O–H groups in total. The van der Waals surface area contributed by atoms with Crippen molar-refractivity contribution in [1.29, 1.82) is 0 Å². The lowest BCUT2D eigenvalue weighted by Gasteiger charge is -2.24. The van der Waals surface area contributed by atoms with Crippen LogP contribution in [-0.4, -0.2) is 28.4 Å². The van der Waals surface area contributed by atoms with Crippen molar-refractivity contribution in [2.45, 2.75) is 62.7 Å². The molecule has 0 amide bonds. The van der Waals surface area contributed by atoms with Crippen molar-refractivity contribution < 1.29 is 26.4 Å². The smallest absolute Gasteiger partial charge is 0.262 e. The molecule has 1 aliphatic rings. The summed E-state index contributed by atoms with van der Waals surface area (Å²) in [6.45, 7) is 7.09. The van der Waals surface area contributed by atoms with Crippen LogP contribution in [0.5, 0.6) is 0 Å². The highest BCUT2D eigenvalue weighted by Gasteiger charge is 2.34. The molecular weight excluding hydrogens is 524 g/mol. The minimum atomic E-state index is -4.07. The Labute approximate surface area is 223 Å². The summed E-state index contributed by atoms with van der Waals surface area (Å²) >= 11 is 0. The first-order chi connectivity index (χ1) is 17.8. The molecule has 0 aliphatic heterocycles. The summed E-state index contributed by atoms with van der Waals surface area (Å²) in [6, 6.07) is 14.0. The Kier molecular flexibility index (Phi) is 7.49. The Hall–Kier alpha value is -3.50. The first kappa shape index (κ1) is 27.5. The van der Waals surface area contributed by atoms with E-state index in [-0.39, 0.29) is 51.1 Å². The molecule has 10 heteroatoms. The van der Waals surface area contributed by atoms with Crippen LogP contribution in [0, 0.1) is 27.7 Å². The first-order valence-corrected chi connectivity index (χ1v) is 15.1. The Morgan fingerprint density at radius 3 is 1.66 bits per heavy atom. The van der Waals surface area contributed by atoms with Crippen LogP contribution in [0.4, 0.5) is 11.4 Å². The molecule has 0 aromatic heterocycles. The number of sulfonamides is 2. The number of rotatable bonds is 7. The number of carbonyl (C=O) groups excluding carboxylic acids is 2. The quantitative estimate of drug-likeness (QED) is 0.399. The third-order valence-electron chi connectivity index (χ3n) is 6.59. The van der Waals surface area contributed by atoms with Crippen LogP contribution in [-0.2, 0) is 29.6 Å². The van der Waals surface area contributed by atoms with Gasteiger partial charge in [-0.2, -0.15) is 0 Å². The molecule has 3 aromatic rings. The van der Waals surface area contributed by atoms with Gasteiger partial charge in [0.15, 0.2) is 0 Å². The average molecular weight is 555 g/mol. The summed E-state index contributed by atoms with van der Waals surface area (Å²) in [5.41, 5.74) is 3.21. The van der Waals surface area contributed by atoms with E-state index in [2.05, 4.69) is 9.44 Å². The van der Waals surface area contributed by atoms with Gasteiger partial charge in [0.05, 0.1) is 15.5 Å². The van der Waals surface area contributed by atoms with E-state index in [0.29, 0.717) is 17.5 Å². The highest BCUT2D eigenvalue weighted by molar-refractivity contribution is 7.93. The van der Waals surface area contributed by atoms with Gasteiger partial charge in [-0.05, 0) is 81.1 Å². The number of hydrogen-bond donors (Lipinski definition) is 2. The zero-order valence-electron chi connectivity index (χ0n) is 21.7. The van der Waals surface area contributed by atoms with Gasteiger partial charge in [0.25, 0.3) is 20.0 Å². The molecule has 0 bridgehead atoms. The summed E-state index contributed by atoms with van der Waals surface area (Å²) in [6.07, 6.45) is 0.785. The number of anilines is 2. The molecule has 200 valence electrons. The zero-order valence-corrected chi connectivity index (χ0v) is 23.3. The summed E-state index contributed by atoms with van der Waals surface area (Å²) in [5.74, 6) is -1.85. The highest BCUT2D eigenvalue weighted by Crippen LogP contribution is 2.36. The van der Waals surface area contributed by atoms with Gasteiger partial charge in [-0.15, -0.1) is 0 Å². The molecular formula is C28H30N2O6S2. The van der Waals surface area contributed by atoms with Crippen molar-refractivity contribution in [2.75, 3.05) is 9.44 Å². The molecule has 0 atom stereocenters. The standard InChI is InChI=1S/C28H30N2O6S2/c1-17-8-12-26(19(3)14-17)37(33,34)29-21-10-11-23(22(16-21)28-24(31)6-5-7-25(28)32)30-38(35,36)27-13-9-18(2)15-20(27)4/h8-16,28-30H,5-7H2,1-4H3. The van der Waals surface area contributed by atoms with E-state index in [1.165, 1.54) is 30.3 Å². The number of hydrogen-bond acceptors (Lipinski definition) is 6. The summed E-state index contributed by atoms with van der Waals surface area (Å²) in [4.78, 5) is 25.8. The van der Waals surface area contributed by atoms with E-state index in [1.807, 2.05) is 13.8 Å². The summed E-state index contributed by atoms with van der Waals surface area (Å²) < 4.78 is 58.0. The van der Waals surface area contributed by atoms with Crippen LogP contribution < -0.4 is 9.44 Å². The van der Waals surface area contributed by atoms with Crippen LogP contribution in [0.2, 0.25) is 0 Å². The summed E-state index contributed by atoms with van der Waals surface area (Å²) in [5, 5.41) is 0. The van der Waals surface area contributed by atoms with Gasteiger partial charge in [0.1, 0.15) is 17.5 Å². The fourth-order valence-electron chi connectivity index (χ4n) is 4.82. The Balaban J connectivity index is 1.78. The third kappa shape index (κ3) is 5.66. The van der Waals surface area contributed by atoms with E-state index in [1.54, 1.807) is 38.1 Å². The number of ketones is 2. The van der Waals surface area contributed by atoms with Crippen molar-refractivity contribution >= 4 is 43.0 Å². The fourth-order valence-corrected chi connectivity index (χ4v) is 7.41. The zero-order chi connectivity index (χ0) is 27.8. The lowest BCUT2D eigenvalue weighted by Crippen LogP contribution is -2.28. The predicted molar refractivity (Wildman–Crippen MR) is 146 cm³/mol. The van der Waals surface area contributed by atoms with E-state index >= 15 is 0 Å². The number of carbonyl (C=O) groups is 2. The molecule has 0 radical (unpaired) electrons. The molecule has 1 fully saturated rings. The minimum absolute atomic E-state index is 0.0491. The molecule has 0 saturated heterocycles. The fraction of sp³-hybridized carbons (Fsp3) is 0.286. The van der Waals surface area contributed by atoms with Gasteiger partial charge in [-0.1, -0.05) is 35.4 Å². The van der Waals surface area contributed by atoms with Crippen LogP contribution in [0.1, 0.15) is 53.0 Å². The van der Waals surface area contributed by atoms with Crippen LogP contribution in [0.15, 0.2) is 64.4 Å². The van der Waals surface area contributed by atoms with Gasteiger partial charge >= 0.3 is 0 Å². The molecule has 3 aromatic carbocycles. The van der Waals surface area contributed by atoms with Crippen molar-refractivity contribution in [3.8, 4) is 0 Å². The third-order valence-corrected chi connectivity index (χ3v) is 9.66. The average Bonchev–Trinajstić information content (AvgIpc) is 2.79. The minimum Gasteiger partial charge on any atom is -0.299 e. The van der Waals surface area contributed by atoms with Crippen LogP contribution >= 0.6 is 0 Å². The molecule has 0 unspecified atom stereocenters. The second-order valence-corrected chi connectivity index (χ2v) is 13.1. The van der Waals surface area contributed by atoms with Gasteiger partial charge in [-0.25, -0.2) is 16.8 Å². The number of benzene rings is 3. The van der Waals surface area contributed by atoms with Crippen molar-refractivity contribution in [1.82, 2.24) is 0 Å². The number of aryl methyl sites for hydroxylation is 4. The van der Waals surface area contributed by atoms with Gasteiger partial charge < -0.3 is 0 Å². The monoisotopic (exact) mass is 554 g/mol. The maximum Gasteiger partial charge on any atom is 0.262 e. The Bertz CT molecular complexity index is 1640. The molecule has 38 heavy (non-hydrogen) atoms. The van der Waals surface area contributed by atoms with Crippen molar-refractivity contribution in [3.05, 3.63) is 82.4 Å². The van der Waals surface area contributed by atoms with Gasteiger partial charge in [-0.3, -0.25) is 19.0 Å². The van der Waals surface area contributed by atoms with Crippen molar-refractivity contribution in [2.24, 2.45) is 0 Å². The molecule has 8 nitrogen and oxygen atoms in total. The largest absolute Gasteiger partial charge is 0.299 e. The summed E-state index contributed by atoms with van der Waals surface area (Å²) in [7, 11) is -8.06. The highest BCUT2D eigenvalue weighted by atomic mass is 32.2. The molecule has 0 spiro atoms. The van der Waals surface area contributed by atoms with E-state index in [0.717, 1.165) is 11.1 Å². The number of nitrogens with one attached hydrogen (secondary N) is 2. The van der Waals surface area contributed by atoms with Crippen molar-refractivity contribution in [3.63, 3.8) is 0 Å². The molecule has 1 aliphatic carbocycles. The van der Waals surface area contributed by atoms with Crippen LogP contribution in [0.3, 0.4) is 0 Å². The molecule has 1 saturated carbocycles. The second-order valence-electron chi connectivity index (χ2n) is 9.77. The normalized spacial score (nSPS) is 14.9. The SMILES string of the molecule is Cc1ccc(S(=O)(=O)Nc2ccc(NS(=O)(=O)c3ccc(C)cc3C)c(C3C(=O)CCCC3=O)c2)c(C)c1. The topological polar surface area (TPSA) is 126 Å². The second kappa shape index (κ2) is 10.3. The van der Waals surface area contributed by atoms with Crippen LogP contribution in [0.25, 0.3) is 0 Å². The van der Waals surface area contributed by atoms with E-state index in [9.17, 15) is 26.4 Å². The molecule has 4 rings (SSSR count). The first-order valence-electron chi connectivity index (χ1n) is 12.2. The maximum atomic E-state index is 13.3. The van der Waals surface area contributed by atoms with Gasteiger partial charge in [0.2, 0.25) is 0 Å². The Morgan fingerprint density at radius 2 is 1.16 bits per heavy atom.